The number of carbonyl (C=O) groups is 2. The molecule has 0 saturated carbocycles. The Balaban J connectivity index is 1.96. The van der Waals surface area contributed by atoms with E-state index in [2.05, 4.69) is 32.0 Å². The summed E-state index contributed by atoms with van der Waals surface area (Å²) in [6, 6.07) is 6.38. The van der Waals surface area contributed by atoms with Gasteiger partial charge in [0.25, 0.3) is 0 Å². The van der Waals surface area contributed by atoms with E-state index in [0.29, 0.717) is 19.6 Å². The van der Waals surface area contributed by atoms with Crippen LogP contribution >= 0.6 is 11.8 Å². The summed E-state index contributed by atoms with van der Waals surface area (Å²) in [5.41, 5.74) is 3.59. The van der Waals surface area contributed by atoms with Gasteiger partial charge >= 0.3 is 0 Å². The molecule has 1 aliphatic rings. The van der Waals surface area contributed by atoms with Crippen molar-refractivity contribution in [2.24, 2.45) is 0 Å². The quantitative estimate of drug-likeness (QED) is 0.831. The molecule has 5 heteroatoms. The lowest BCUT2D eigenvalue weighted by molar-refractivity contribution is -0.145. The highest BCUT2D eigenvalue weighted by molar-refractivity contribution is 8.00. The van der Waals surface area contributed by atoms with Gasteiger partial charge in [-0.1, -0.05) is 36.2 Å². The van der Waals surface area contributed by atoms with Crippen molar-refractivity contribution in [1.82, 2.24) is 9.80 Å². The fraction of sp³-hybridized carbons (Fsp3) is 0.556. The zero-order valence-corrected chi connectivity index (χ0v) is 15.3. The molecular weight excluding hydrogens is 308 g/mol. The first kappa shape index (κ1) is 17.9. The van der Waals surface area contributed by atoms with E-state index in [1.807, 2.05) is 18.7 Å². The van der Waals surface area contributed by atoms with Crippen LogP contribution in [0.5, 0.6) is 0 Å². The molecule has 2 rings (SSSR count). The van der Waals surface area contributed by atoms with Gasteiger partial charge in [0.1, 0.15) is 0 Å². The summed E-state index contributed by atoms with van der Waals surface area (Å²) in [5.74, 6) is 1.03. The summed E-state index contributed by atoms with van der Waals surface area (Å²) in [7, 11) is 0. The number of benzene rings is 1. The summed E-state index contributed by atoms with van der Waals surface area (Å²) in [5, 5.41) is -0.0706. The highest BCUT2D eigenvalue weighted by atomic mass is 32.2. The summed E-state index contributed by atoms with van der Waals surface area (Å²) >= 11 is 1.62. The highest BCUT2D eigenvalue weighted by Crippen LogP contribution is 2.17. The van der Waals surface area contributed by atoms with Gasteiger partial charge in [-0.2, -0.15) is 0 Å². The molecule has 1 fully saturated rings. The van der Waals surface area contributed by atoms with Crippen molar-refractivity contribution in [2.45, 2.75) is 39.5 Å². The molecule has 126 valence electrons. The molecule has 2 amide bonds. The van der Waals surface area contributed by atoms with Crippen LogP contribution in [0.1, 0.15) is 30.5 Å². The Bertz CT molecular complexity index is 568. The first-order chi connectivity index (χ1) is 10.9. The number of nitrogens with zero attached hydrogens (tertiary/aromatic N) is 2. The summed E-state index contributed by atoms with van der Waals surface area (Å²) in [4.78, 5) is 28.3. The van der Waals surface area contributed by atoms with Gasteiger partial charge in [0, 0.05) is 19.6 Å². The van der Waals surface area contributed by atoms with Crippen LogP contribution in [-0.2, 0) is 16.1 Å². The summed E-state index contributed by atoms with van der Waals surface area (Å²) < 4.78 is 0. The lowest BCUT2D eigenvalue weighted by Gasteiger charge is -2.35. The largest absolute Gasteiger partial charge is 0.335 e. The SMILES string of the molecule is CCS[C@H](C)C(=O)N1CCN(Cc2cc(C)cc(C)c2)C(=O)C1. The topological polar surface area (TPSA) is 40.6 Å². The minimum atomic E-state index is -0.0706. The third-order valence-electron chi connectivity index (χ3n) is 4.05. The van der Waals surface area contributed by atoms with E-state index in [-0.39, 0.29) is 23.6 Å². The van der Waals surface area contributed by atoms with Gasteiger partial charge in [-0.3, -0.25) is 9.59 Å². The lowest BCUT2D eigenvalue weighted by Crippen LogP contribution is -2.53. The number of aryl methyl sites for hydroxylation is 2. The third-order valence-corrected chi connectivity index (χ3v) is 5.08. The second-order valence-corrected chi connectivity index (χ2v) is 7.79. The second-order valence-electron chi connectivity index (χ2n) is 6.17. The Hall–Kier alpha value is -1.49. The fourth-order valence-electron chi connectivity index (χ4n) is 3.02. The van der Waals surface area contributed by atoms with Crippen LogP contribution in [0.4, 0.5) is 0 Å². The molecule has 1 aromatic carbocycles. The molecule has 1 heterocycles. The molecule has 0 aromatic heterocycles. The first-order valence-corrected chi connectivity index (χ1v) is 9.21. The van der Waals surface area contributed by atoms with E-state index < -0.39 is 0 Å². The van der Waals surface area contributed by atoms with E-state index in [9.17, 15) is 9.59 Å². The molecule has 0 bridgehead atoms. The number of piperazine rings is 1. The molecule has 1 aromatic rings. The monoisotopic (exact) mass is 334 g/mol. The Labute approximate surface area is 143 Å². The van der Waals surface area contributed by atoms with Crippen LogP contribution in [0, 0.1) is 13.8 Å². The Morgan fingerprint density at radius 3 is 2.43 bits per heavy atom. The van der Waals surface area contributed by atoms with Crippen LogP contribution in [0.15, 0.2) is 18.2 Å². The van der Waals surface area contributed by atoms with Crippen LogP contribution in [0.25, 0.3) is 0 Å². The predicted octanol–water partition coefficient (Wildman–Crippen LogP) is 2.62. The molecule has 23 heavy (non-hydrogen) atoms. The molecule has 0 aliphatic carbocycles. The van der Waals surface area contributed by atoms with E-state index in [1.54, 1.807) is 16.7 Å². The minimum Gasteiger partial charge on any atom is -0.335 e. The number of thioether (sulfide) groups is 1. The fourth-order valence-corrected chi connectivity index (χ4v) is 3.81. The highest BCUT2D eigenvalue weighted by Gasteiger charge is 2.29. The van der Waals surface area contributed by atoms with Crippen LogP contribution in [-0.4, -0.2) is 52.3 Å². The van der Waals surface area contributed by atoms with Crippen molar-refractivity contribution in [3.05, 3.63) is 34.9 Å². The van der Waals surface area contributed by atoms with E-state index in [1.165, 1.54) is 11.1 Å². The molecule has 1 saturated heterocycles. The van der Waals surface area contributed by atoms with E-state index in [4.69, 9.17) is 0 Å². The van der Waals surface area contributed by atoms with E-state index in [0.717, 1.165) is 11.3 Å². The predicted molar refractivity (Wildman–Crippen MR) is 95.5 cm³/mol. The molecule has 1 aliphatic heterocycles. The molecule has 0 unspecified atom stereocenters. The van der Waals surface area contributed by atoms with Crippen molar-refractivity contribution >= 4 is 23.6 Å². The van der Waals surface area contributed by atoms with Crippen molar-refractivity contribution in [3.8, 4) is 0 Å². The van der Waals surface area contributed by atoms with Gasteiger partial charge in [-0.25, -0.2) is 0 Å². The maximum atomic E-state index is 12.4. The number of hydrogen-bond acceptors (Lipinski definition) is 3. The first-order valence-electron chi connectivity index (χ1n) is 8.16. The van der Waals surface area contributed by atoms with Crippen molar-refractivity contribution < 1.29 is 9.59 Å². The van der Waals surface area contributed by atoms with Crippen molar-refractivity contribution in [2.75, 3.05) is 25.4 Å². The molecular formula is C18H26N2O2S. The lowest BCUT2D eigenvalue weighted by atomic mass is 10.1. The zero-order chi connectivity index (χ0) is 17.0. The number of carbonyl (C=O) groups excluding carboxylic acids is 2. The maximum Gasteiger partial charge on any atom is 0.242 e. The van der Waals surface area contributed by atoms with Gasteiger partial charge in [0.05, 0.1) is 11.8 Å². The average molecular weight is 334 g/mol. The molecule has 4 nitrogen and oxygen atoms in total. The van der Waals surface area contributed by atoms with Gasteiger partial charge in [-0.05, 0) is 32.1 Å². The maximum absolute atomic E-state index is 12.4. The van der Waals surface area contributed by atoms with Gasteiger partial charge < -0.3 is 9.80 Å². The number of hydrogen-bond donors (Lipinski definition) is 0. The van der Waals surface area contributed by atoms with Gasteiger partial charge in [0.2, 0.25) is 11.8 Å². The van der Waals surface area contributed by atoms with Crippen molar-refractivity contribution in [3.63, 3.8) is 0 Å². The summed E-state index contributed by atoms with van der Waals surface area (Å²) in [6.07, 6.45) is 0. The van der Waals surface area contributed by atoms with Crippen LogP contribution in [0.2, 0.25) is 0 Å². The number of amides is 2. The summed E-state index contributed by atoms with van der Waals surface area (Å²) in [6.45, 7) is 10.2. The third kappa shape index (κ3) is 4.74. The van der Waals surface area contributed by atoms with Crippen LogP contribution < -0.4 is 0 Å². The normalized spacial score (nSPS) is 16.6. The van der Waals surface area contributed by atoms with Crippen molar-refractivity contribution in [1.29, 1.82) is 0 Å². The van der Waals surface area contributed by atoms with Gasteiger partial charge in [0.15, 0.2) is 0 Å². The Morgan fingerprint density at radius 2 is 1.87 bits per heavy atom. The van der Waals surface area contributed by atoms with Crippen LogP contribution in [0.3, 0.4) is 0 Å². The average Bonchev–Trinajstić information content (AvgIpc) is 2.48. The standard InChI is InChI=1S/C18H26N2O2S/c1-5-23-15(4)18(22)20-7-6-19(17(21)12-20)11-16-9-13(2)8-14(3)10-16/h8-10,15H,5-7,11-12H2,1-4H3/t15-/m1/s1. The Morgan fingerprint density at radius 1 is 1.22 bits per heavy atom. The molecule has 0 radical (unpaired) electrons. The molecule has 1 atom stereocenters. The Kier molecular flexibility index (Phi) is 6.10. The second kappa shape index (κ2) is 7.86. The minimum absolute atomic E-state index is 0.0393. The zero-order valence-electron chi connectivity index (χ0n) is 14.5. The molecule has 0 spiro atoms. The molecule has 0 N–H and O–H groups in total. The van der Waals surface area contributed by atoms with E-state index >= 15 is 0 Å². The van der Waals surface area contributed by atoms with Gasteiger partial charge in [-0.15, -0.1) is 11.8 Å². The number of rotatable bonds is 5. The smallest absolute Gasteiger partial charge is 0.242 e.